The van der Waals surface area contributed by atoms with Crippen molar-refractivity contribution < 1.29 is 9.53 Å². The number of likely N-dealkylation sites (N-methyl/N-ethyl adjacent to an activating group) is 1. The summed E-state index contributed by atoms with van der Waals surface area (Å²) in [5.74, 6) is 0.640. The van der Waals surface area contributed by atoms with Gasteiger partial charge >= 0.3 is 0 Å². The lowest BCUT2D eigenvalue weighted by Crippen LogP contribution is -2.35. The van der Waals surface area contributed by atoms with Gasteiger partial charge in [-0.3, -0.25) is 4.79 Å². The average molecular weight is 222 g/mol. The molecule has 0 aliphatic carbocycles. The summed E-state index contributed by atoms with van der Waals surface area (Å²) in [5, 5.41) is 0. The van der Waals surface area contributed by atoms with Crippen molar-refractivity contribution in [1.82, 2.24) is 4.90 Å². The third-order valence-corrected chi connectivity index (χ3v) is 2.10. The van der Waals surface area contributed by atoms with Crippen LogP contribution in [0.15, 0.2) is 0 Å². The van der Waals surface area contributed by atoms with E-state index < -0.39 is 0 Å². The van der Waals surface area contributed by atoms with Gasteiger partial charge < -0.3 is 9.64 Å². The van der Waals surface area contributed by atoms with Crippen LogP contribution in [-0.2, 0) is 9.53 Å². The lowest BCUT2D eigenvalue weighted by Gasteiger charge is -2.20. The number of ether oxygens (including phenoxy) is 1. The van der Waals surface area contributed by atoms with Crippen molar-refractivity contribution in [3.63, 3.8) is 0 Å². The second-order valence-corrected chi connectivity index (χ2v) is 3.75. The summed E-state index contributed by atoms with van der Waals surface area (Å²) in [7, 11) is 0. The van der Waals surface area contributed by atoms with Crippen molar-refractivity contribution in [3.05, 3.63) is 0 Å². The van der Waals surface area contributed by atoms with Crippen LogP contribution in [0.25, 0.3) is 0 Å². The van der Waals surface area contributed by atoms with Crippen LogP contribution >= 0.6 is 11.6 Å². The summed E-state index contributed by atoms with van der Waals surface area (Å²) < 4.78 is 5.24. The molecule has 0 rings (SSSR count). The van der Waals surface area contributed by atoms with Crippen molar-refractivity contribution in [2.75, 3.05) is 25.6 Å². The summed E-state index contributed by atoms with van der Waals surface area (Å²) >= 11 is 5.57. The number of hydrogen-bond acceptors (Lipinski definition) is 2. The molecule has 0 saturated carbocycles. The zero-order valence-corrected chi connectivity index (χ0v) is 10.0. The smallest absolute Gasteiger partial charge is 0.248 e. The molecule has 14 heavy (non-hydrogen) atoms. The number of carbonyl (C=O) groups excluding carboxylic acids is 1. The molecule has 0 aromatic carbocycles. The molecule has 84 valence electrons. The molecule has 1 amide bonds. The summed E-state index contributed by atoms with van der Waals surface area (Å²) in [6.45, 7) is 7.41. The Hall–Kier alpha value is -0.280. The number of hydrogen-bond donors (Lipinski definition) is 0. The molecule has 0 unspecified atom stereocenters. The van der Waals surface area contributed by atoms with Gasteiger partial charge in [-0.1, -0.05) is 0 Å². The molecule has 0 bridgehead atoms. The first kappa shape index (κ1) is 13.7. The number of halogens is 1. The Morgan fingerprint density at radius 1 is 1.50 bits per heavy atom. The number of rotatable bonds is 7. The van der Waals surface area contributed by atoms with Crippen molar-refractivity contribution in [2.24, 2.45) is 0 Å². The van der Waals surface area contributed by atoms with Gasteiger partial charge in [0.1, 0.15) is 6.61 Å². The number of carbonyl (C=O) groups is 1. The highest BCUT2D eigenvalue weighted by atomic mass is 35.5. The van der Waals surface area contributed by atoms with Gasteiger partial charge in [-0.2, -0.15) is 0 Å². The lowest BCUT2D eigenvalue weighted by atomic mass is 10.4. The van der Waals surface area contributed by atoms with Crippen LogP contribution in [0.1, 0.15) is 27.2 Å². The number of amides is 1. The van der Waals surface area contributed by atoms with E-state index in [0.717, 1.165) is 19.5 Å². The Morgan fingerprint density at radius 2 is 2.14 bits per heavy atom. The SMILES string of the molecule is CCN(CCCCl)C(=O)COC(C)C. The molecule has 0 N–H and O–H groups in total. The third-order valence-electron chi connectivity index (χ3n) is 1.84. The second-order valence-electron chi connectivity index (χ2n) is 3.38. The molecule has 0 spiro atoms. The van der Waals surface area contributed by atoms with E-state index in [1.165, 1.54) is 0 Å². The molecule has 0 aromatic rings. The normalized spacial score (nSPS) is 10.6. The van der Waals surface area contributed by atoms with Gasteiger partial charge in [0, 0.05) is 19.0 Å². The van der Waals surface area contributed by atoms with Gasteiger partial charge in [-0.05, 0) is 27.2 Å². The van der Waals surface area contributed by atoms with Gasteiger partial charge in [0.15, 0.2) is 0 Å². The van der Waals surface area contributed by atoms with Crippen molar-refractivity contribution in [2.45, 2.75) is 33.3 Å². The van der Waals surface area contributed by atoms with Gasteiger partial charge in [0.2, 0.25) is 5.91 Å². The number of nitrogens with zero attached hydrogens (tertiary/aromatic N) is 1. The topological polar surface area (TPSA) is 29.5 Å². The summed E-state index contributed by atoms with van der Waals surface area (Å²) in [6.07, 6.45) is 0.939. The fourth-order valence-corrected chi connectivity index (χ4v) is 1.16. The Morgan fingerprint density at radius 3 is 2.57 bits per heavy atom. The van der Waals surface area contributed by atoms with E-state index in [1.807, 2.05) is 20.8 Å². The van der Waals surface area contributed by atoms with Crippen molar-refractivity contribution in [1.29, 1.82) is 0 Å². The van der Waals surface area contributed by atoms with E-state index in [-0.39, 0.29) is 18.6 Å². The van der Waals surface area contributed by atoms with Crippen molar-refractivity contribution >= 4 is 17.5 Å². The maximum Gasteiger partial charge on any atom is 0.248 e. The predicted octanol–water partition coefficient (Wildman–Crippen LogP) is 1.89. The van der Waals surface area contributed by atoms with Gasteiger partial charge in [0.05, 0.1) is 6.10 Å². The van der Waals surface area contributed by atoms with Gasteiger partial charge in [-0.25, -0.2) is 0 Å². The van der Waals surface area contributed by atoms with E-state index >= 15 is 0 Å². The summed E-state index contributed by atoms with van der Waals surface area (Å²) in [6, 6.07) is 0. The maximum atomic E-state index is 11.5. The minimum Gasteiger partial charge on any atom is -0.369 e. The highest BCUT2D eigenvalue weighted by molar-refractivity contribution is 6.17. The van der Waals surface area contributed by atoms with Crippen LogP contribution in [0.2, 0.25) is 0 Å². The number of alkyl halides is 1. The van der Waals surface area contributed by atoms with Crippen LogP contribution in [0, 0.1) is 0 Å². The van der Waals surface area contributed by atoms with Crippen molar-refractivity contribution in [3.8, 4) is 0 Å². The summed E-state index contributed by atoms with van der Waals surface area (Å²) in [5.41, 5.74) is 0. The van der Waals surface area contributed by atoms with Gasteiger partial charge in [0.25, 0.3) is 0 Å². The van der Waals surface area contributed by atoms with E-state index in [1.54, 1.807) is 4.90 Å². The molecule has 0 aliphatic heterocycles. The van der Waals surface area contributed by atoms with Gasteiger partial charge in [-0.15, -0.1) is 11.6 Å². The Balaban J connectivity index is 3.79. The first-order chi connectivity index (χ1) is 6.61. The Bertz CT molecular complexity index is 162. The molecule has 0 aliphatic rings. The highest BCUT2D eigenvalue weighted by Crippen LogP contribution is 1.97. The second kappa shape index (κ2) is 8.06. The van der Waals surface area contributed by atoms with Crippen LogP contribution < -0.4 is 0 Å². The molecule has 0 aromatic heterocycles. The largest absolute Gasteiger partial charge is 0.369 e. The predicted molar refractivity (Wildman–Crippen MR) is 58.7 cm³/mol. The minimum absolute atomic E-state index is 0.0475. The first-order valence-corrected chi connectivity index (χ1v) is 5.60. The molecule has 4 heteroatoms. The van der Waals surface area contributed by atoms with Crippen LogP contribution in [-0.4, -0.2) is 42.5 Å². The van der Waals surface area contributed by atoms with E-state index in [2.05, 4.69) is 0 Å². The molecule has 0 saturated heterocycles. The zero-order valence-electron chi connectivity index (χ0n) is 9.25. The first-order valence-electron chi connectivity index (χ1n) is 5.07. The van der Waals surface area contributed by atoms with Crippen LogP contribution in [0.4, 0.5) is 0 Å². The monoisotopic (exact) mass is 221 g/mol. The fourth-order valence-electron chi connectivity index (χ4n) is 1.04. The average Bonchev–Trinajstić information content (AvgIpc) is 2.16. The van der Waals surface area contributed by atoms with Crippen LogP contribution in [0.3, 0.4) is 0 Å². The minimum atomic E-state index is 0.0475. The zero-order chi connectivity index (χ0) is 11.0. The standard InChI is InChI=1S/C10H20ClNO2/c1-4-12(7-5-6-11)10(13)8-14-9(2)3/h9H,4-8H2,1-3H3. The fraction of sp³-hybridized carbons (Fsp3) is 0.900. The molecule has 0 fully saturated rings. The molecule has 0 radical (unpaired) electrons. The Labute approximate surface area is 91.4 Å². The Kier molecular flexibility index (Phi) is 7.90. The van der Waals surface area contributed by atoms with E-state index in [9.17, 15) is 4.79 Å². The molecular weight excluding hydrogens is 202 g/mol. The van der Waals surface area contributed by atoms with E-state index in [0.29, 0.717) is 5.88 Å². The lowest BCUT2D eigenvalue weighted by molar-refractivity contribution is -0.137. The highest BCUT2D eigenvalue weighted by Gasteiger charge is 2.11. The molecule has 0 heterocycles. The van der Waals surface area contributed by atoms with E-state index in [4.69, 9.17) is 16.3 Å². The third kappa shape index (κ3) is 6.22. The summed E-state index contributed by atoms with van der Waals surface area (Å²) in [4.78, 5) is 13.3. The molecule has 0 atom stereocenters. The van der Waals surface area contributed by atoms with Crippen LogP contribution in [0.5, 0.6) is 0 Å². The quantitative estimate of drug-likeness (QED) is 0.615. The molecular formula is C10H20ClNO2. The molecule has 3 nitrogen and oxygen atoms in total. The maximum absolute atomic E-state index is 11.5.